The molecule has 0 aliphatic carbocycles. The first-order valence-corrected chi connectivity index (χ1v) is 18.5. The molecule has 0 unspecified atom stereocenters. The zero-order chi connectivity index (χ0) is 36.1. The normalized spacial score (nSPS) is 11.4. The number of fused-ring (bicyclic) bond motifs is 1. The van der Waals surface area contributed by atoms with Crippen molar-refractivity contribution in [1.29, 1.82) is 0 Å². The van der Waals surface area contributed by atoms with Crippen LogP contribution in [0.5, 0.6) is 5.75 Å². The molecule has 6 rings (SSSR count). The molecule has 0 fully saturated rings. The van der Waals surface area contributed by atoms with Crippen molar-refractivity contribution in [2.45, 2.75) is 35.7 Å². The number of benzene rings is 4. The number of carbonyl (C=O) groups is 2. The minimum atomic E-state index is -0.575. The maximum Gasteiger partial charge on any atom is 0.296 e. The van der Waals surface area contributed by atoms with Gasteiger partial charge in [0.2, 0.25) is 11.8 Å². The summed E-state index contributed by atoms with van der Waals surface area (Å²) < 4.78 is 8.49. The number of hydrogen-bond acceptors (Lipinski definition) is 11. The summed E-state index contributed by atoms with van der Waals surface area (Å²) in [6.45, 7) is 6.53. The van der Waals surface area contributed by atoms with Crippen LogP contribution in [-0.2, 0) is 15.0 Å². The number of thiazole rings is 1. The molecule has 0 aliphatic heterocycles. The third kappa shape index (κ3) is 8.56. The summed E-state index contributed by atoms with van der Waals surface area (Å²) in [5.41, 5.74) is 4.22. The molecule has 260 valence electrons. The summed E-state index contributed by atoms with van der Waals surface area (Å²) in [5.74, 6) is 0.498. The van der Waals surface area contributed by atoms with E-state index >= 15 is 0 Å². The van der Waals surface area contributed by atoms with Crippen LogP contribution in [0.2, 0.25) is 0 Å². The number of ether oxygens (including phenoxy) is 1. The standard InChI is InChI=1S/C36H33N7O5S3/c1-36(2,3)23-12-10-22(11-13-23)33-40-41-34(42(33)25-8-6-5-7-9-25)49-20-31(44)37-24-14-16-28-30(18-24)51-35(39-28)50-21-32(45)38-27-17-15-26(48-4)19-29(27)43(46)47/h5-19H,20-21H2,1-4H3,(H,37,44)(H,38,45). The number of thioether (sulfide) groups is 2. The molecule has 12 nitrogen and oxygen atoms in total. The largest absolute Gasteiger partial charge is 0.496 e. The van der Waals surface area contributed by atoms with Gasteiger partial charge in [0.25, 0.3) is 5.69 Å². The molecule has 0 aliphatic rings. The highest BCUT2D eigenvalue weighted by Gasteiger charge is 2.20. The van der Waals surface area contributed by atoms with Crippen molar-refractivity contribution in [3.63, 3.8) is 0 Å². The van der Waals surface area contributed by atoms with Gasteiger partial charge in [-0.25, -0.2) is 4.98 Å². The molecule has 4 aromatic carbocycles. The maximum absolute atomic E-state index is 13.1. The number of aromatic nitrogens is 4. The van der Waals surface area contributed by atoms with Gasteiger partial charge in [-0.05, 0) is 53.4 Å². The first-order chi connectivity index (χ1) is 24.5. The number of nitrogens with zero attached hydrogens (tertiary/aromatic N) is 5. The van der Waals surface area contributed by atoms with Crippen LogP contribution in [0.25, 0.3) is 27.3 Å². The lowest BCUT2D eigenvalue weighted by atomic mass is 9.87. The van der Waals surface area contributed by atoms with E-state index in [0.717, 1.165) is 21.5 Å². The van der Waals surface area contributed by atoms with Gasteiger partial charge in [-0.2, -0.15) is 0 Å². The van der Waals surface area contributed by atoms with Gasteiger partial charge in [0, 0.05) is 16.9 Å². The fraction of sp³-hybridized carbons (Fsp3) is 0.194. The summed E-state index contributed by atoms with van der Waals surface area (Å²) in [7, 11) is 1.41. The molecular formula is C36H33N7O5S3. The predicted molar refractivity (Wildman–Crippen MR) is 203 cm³/mol. The van der Waals surface area contributed by atoms with Crippen molar-refractivity contribution < 1.29 is 19.2 Å². The minimum Gasteiger partial charge on any atom is -0.496 e. The van der Waals surface area contributed by atoms with Crippen LogP contribution in [0.15, 0.2) is 100 Å². The number of nitro benzene ring substituents is 1. The molecule has 0 radical (unpaired) electrons. The number of rotatable bonds is 12. The molecule has 0 saturated carbocycles. The molecule has 51 heavy (non-hydrogen) atoms. The van der Waals surface area contributed by atoms with Crippen LogP contribution in [0.4, 0.5) is 17.1 Å². The molecule has 2 amide bonds. The van der Waals surface area contributed by atoms with E-state index in [1.807, 2.05) is 47.0 Å². The second kappa shape index (κ2) is 15.3. The van der Waals surface area contributed by atoms with Crippen LogP contribution in [0, 0.1) is 10.1 Å². The van der Waals surface area contributed by atoms with Crippen molar-refractivity contribution >= 4 is 74.0 Å². The second-order valence-corrected chi connectivity index (χ2v) is 15.5. The number of methoxy groups -OCH3 is 1. The monoisotopic (exact) mass is 739 g/mol. The number of anilines is 2. The minimum absolute atomic E-state index is 0.00135. The predicted octanol–water partition coefficient (Wildman–Crippen LogP) is 8.22. The van der Waals surface area contributed by atoms with E-state index in [1.54, 1.807) is 12.1 Å². The number of para-hydroxylation sites is 1. The Balaban J connectivity index is 1.09. The quantitative estimate of drug-likeness (QED) is 0.0713. The lowest BCUT2D eigenvalue weighted by Gasteiger charge is -2.19. The molecule has 2 heterocycles. The summed E-state index contributed by atoms with van der Waals surface area (Å²) in [6.07, 6.45) is 0. The molecule has 0 spiro atoms. The lowest BCUT2D eigenvalue weighted by Crippen LogP contribution is -2.15. The molecule has 0 saturated heterocycles. The molecular weight excluding hydrogens is 707 g/mol. The zero-order valence-electron chi connectivity index (χ0n) is 28.1. The molecule has 2 N–H and O–H groups in total. The number of hydrogen-bond donors (Lipinski definition) is 2. The number of amides is 2. The van der Waals surface area contributed by atoms with E-state index in [9.17, 15) is 19.7 Å². The van der Waals surface area contributed by atoms with Crippen molar-refractivity contribution in [3.05, 3.63) is 107 Å². The maximum atomic E-state index is 13.1. The Bertz CT molecular complexity index is 2210. The summed E-state index contributed by atoms with van der Waals surface area (Å²) >= 11 is 3.90. The highest BCUT2D eigenvalue weighted by atomic mass is 32.2. The summed E-state index contributed by atoms with van der Waals surface area (Å²) in [5, 5.41) is 26.6. The van der Waals surface area contributed by atoms with Crippen LogP contribution < -0.4 is 15.4 Å². The van der Waals surface area contributed by atoms with E-state index < -0.39 is 10.8 Å². The van der Waals surface area contributed by atoms with E-state index in [4.69, 9.17) is 4.74 Å². The van der Waals surface area contributed by atoms with Gasteiger partial charge in [0.05, 0.1) is 39.8 Å². The van der Waals surface area contributed by atoms with Crippen LogP contribution in [0.1, 0.15) is 26.3 Å². The van der Waals surface area contributed by atoms with Gasteiger partial charge < -0.3 is 15.4 Å². The third-order valence-electron chi connectivity index (χ3n) is 7.64. The Labute approximate surface area is 306 Å². The molecule has 15 heteroatoms. The average molecular weight is 740 g/mol. The Morgan fingerprint density at radius 3 is 2.33 bits per heavy atom. The SMILES string of the molecule is COc1ccc(NC(=O)CSc2nc3ccc(NC(=O)CSc4nnc(-c5ccc(C(C)(C)C)cc5)n4-c4ccccc4)cc3s2)c([N+](=O)[O-])c1. The Hall–Kier alpha value is -5.25. The van der Waals surface area contributed by atoms with Crippen LogP contribution in [-0.4, -0.2) is 55.1 Å². The number of carbonyl (C=O) groups excluding carboxylic acids is 2. The molecule has 0 atom stereocenters. The number of nitro groups is 1. The Morgan fingerprint density at radius 2 is 1.63 bits per heavy atom. The average Bonchev–Trinajstić information content (AvgIpc) is 3.74. The van der Waals surface area contributed by atoms with E-state index in [1.165, 1.54) is 59.7 Å². The van der Waals surface area contributed by atoms with Crippen LogP contribution >= 0.6 is 34.9 Å². The van der Waals surface area contributed by atoms with Crippen molar-refractivity contribution in [1.82, 2.24) is 19.7 Å². The Morgan fingerprint density at radius 1 is 0.902 bits per heavy atom. The molecule has 6 aromatic rings. The Kier molecular flexibility index (Phi) is 10.7. The lowest BCUT2D eigenvalue weighted by molar-refractivity contribution is -0.384. The van der Waals surface area contributed by atoms with E-state index in [2.05, 4.69) is 70.9 Å². The smallest absolute Gasteiger partial charge is 0.296 e. The van der Waals surface area contributed by atoms with Gasteiger partial charge in [-0.15, -0.1) is 21.5 Å². The van der Waals surface area contributed by atoms with Gasteiger partial charge >= 0.3 is 0 Å². The fourth-order valence-electron chi connectivity index (χ4n) is 5.06. The number of nitrogens with one attached hydrogen (secondary N) is 2. The van der Waals surface area contributed by atoms with Crippen molar-refractivity contribution in [2.24, 2.45) is 0 Å². The highest BCUT2D eigenvalue weighted by Crippen LogP contribution is 2.34. The topological polar surface area (TPSA) is 154 Å². The van der Waals surface area contributed by atoms with Crippen LogP contribution in [0.3, 0.4) is 0 Å². The molecule has 0 bridgehead atoms. The van der Waals surface area contributed by atoms with Gasteiger partial charge in [0.15, 0.2) is 15.3 Å². The molecule has 2 aromatic heterocycles. The zero-order valence-corrected chi connectivity index (χ0v) is 30.5. The van der Waals surface area contributed by atoms with Gasteiger partial charge in [0.1, 0.15) is 11.4 Å². The van der Waals surface area contributed by atoms with Crippen molar-refractivity contribution in [3.8, 4) is 22.8 Å². The van der Waals surface area contributed by atoms with E-state index in [-0.39, 0.29) is 34.2 Å². The third-order valence-corrected chi connectivity index (χ3v) is 10.7. The highest BCUT2D eigenvalue weighted by molar-refractivity contribution is 8.01. The summed E-state index contributed by atoms with van der Waals surface area (Å²) in [4.78, 5) is 41.2. The first kappa shape index (κ1) is 35.6. The van der Waals surface area contributed by atoms with E-state index in [0.29, 0.717) is 26.8 Å². The van der Waals surface area contributed by atoms with Crippen molar-refractivity contribution in [2.75, 3.05) is 29.2 Å². The fourth-order valence-corrected chi connectivity index (χ4v) is 7.72. The second-order valence-electron chi connectivity index (χ2n) is 12.3. The van der Waals surface area contributed by atoms with Gasteiger partial charge in [-0.3, -0.25) is 24.3 Å². The van der Waals surface area contributed by atoms with Gasteiger partial charge in [-0.1, -0.05) is 86.8 Å². The summed E-state index contributed by atoms with van der Waals surface area (Å²) in [6, 6.07) is 27.8. The first-order valence-electron chi connectivity index (χ1n) is 15.7.